The molecule has 0 saturated carbocycles. The van der Waals surface area contributed by atoms with E-state index >= 15 is 0 Å². The van der Waals surface area contributed by atoms with E-state index in [4.69, 9.17) is 23.1 Å². The number of amides is 1. The first-order chi connectivity index (χ1) is 8.99. The summed E-state index contributed by atoms with van der Waals surface area (Å²) in [6.45, 7) is 0. The van der Waals surface area contributed by atoms with Gasteiger partial charge < -0.3 is 21.5 Å². The normalized spacial score (nSPS) is 11.4. The van der Waals surface area contributed by atoms with Crippen LogP contribution in [0.1, 0.15) is 12.8 Å². The fourth-order valence-electron chi connectivity index (χ4n) is 1.39. The monoisotopic (exact) mass is 281 g/mol. The fraction of sp³-hybridized carbons (Fsp3) is 0.250. The number of carbonyl (C=O) groups excluding carboxylic acids is 1. The molecule has 0 aliphatic rings. The van der Waals surface area contributed by atoms with Crippen molar-refractivity contribution < 1.29 is 14.7 Å². The highest BCUT2D eigenvalue weighted by atomic mass is 32.1. The predicted octanol–water partition coefficient (Wildman–Crippen LogP) is 0.692. The Morgan fingerprint density at radius 1 is 1.32 bits per heavy atom. The van der Waals surface area contributed by atoms with Crippen LogP contribution in [0.25, 0.3) is 0 Å². The van der Waals surface area contributed by atoms with Crippen LogP contribution in [-0.4, -0.2) is 28.1 Å². The molecule has 102 valence electrons. The lowest BCUT2D eigenvalue weighted by molar-refractivity contribution is -0.139. The number of carbonyl (C=O) groups is 2. The number of hydrogen-bond acceptors (Lipinski definition) is 3. The Hall–Kier alpha value is -2.15. The van der Waals surface area contributed by atoms with Crippen LogP contribution in [0.15, 0.2) is 30.3 Å². The standard InChI is InChI=1S/C12H15N3O3S/c13-10(16)7-6-9(11(17)18)15-12(19)14-8-4-2-1-3-5-8/h1-5,9H,6-7H2,(H2,13,16)(H,17,18)(H2,14,15,19)/t9-/m0/s1. The van der Waals surface area contributed by atoms with Crippen LogP contribution in [0.2, 0.25) is 0 Å². The molecule has 0 aliphatic carbocycles. The van der Waals surface area contributed by atoms with Gasteiger partial charge in [-0.05, 0) is 30.8 Å². The van der Waals surface area contributed by atoms with Crippen LogP contribution in [0, 0.1) is 0 Å². The third-order valence-corrected chi connectivity index (χ3v) is 2.53. The van der Waals surface area contributed by atoms with Gasteiger partial charge >= 0.3 is 5.97 Å². The first-order valence-electron chi connectivity index (χ1n) is 5.62. The molecule has 1 atom stereocenters. The molecule has 6 nitrogen and oxygen atoms in total. The molecule has 0 spiro atoms. The van der Waals surface area contributed by atoms with E-state index in [1.54, 1.807) is 12.1 Å². The van der Waals surface area contributed by atoms with Crippen LogP contribution in [-0.2, 0) is 9.59 Å². The van der Waals surface area contributed by atoms with Gasteiger partial charge in [0.05, 0.1) is 0 Å². The summed E-state index contributed by atoms with van der Waals surface area (Å²) in [5, 5.41) is 14.7. The molecule has 0 aliphatic heterocycles. The second-order valence-electron chi connectivity index (χ2n) is 3.86. The molecule has 0 heterocycles. The highest BCUT2D eigenvalue weighted by Crippen LogP contribution is 2.05. The molecule has 0 radical (unpaired) electrons. The van der Waals surface area contributed by atoms with E-state index in [9.17, 15) is 9.59 Å². The van der Waals surface area contributed by atoms with Crippen molar-refractivity contribution in [1.29, 1.82) is 0 Å². The number of thiocarbonyl (C=S) groups is 1. The number of rotatable bonds is 6. The zero-order valence-electron chi connectivity index (χ0n) is 10.1. The van der Waals surface area contributed by atoms with Crippen molar-refractivity contribution in [3.8, 4) is 0 Å². The number of hydrogen-bond donors (Lipinski definition) is 4. The van der Waals surface area contributed by atoms with Crippen molar-refractivity contribution >= 4 is 34.9 Å². The lowest BCUT2D eigenvalue weighted by Gasteiger charge is -2.16. The Bertz CT molecular complexity index is 465. The Morgan fingerprint density at radius 2 is 1.95 bits per heavy atom. The van der Waals surface area contributed by atoms with Gasteiger partial charge in [0.2, 0.25) is 5.91 Å². The van der Waals surface area contributed by atoms with Crippen LogP contribution in [0.4, 0.5) is 5.69 Å². The van der Waals surface area contributed by atoms with Crippen LogP contribution >= 0.6 is 12.2 Å². The maximum Gasteiger partial charge on any atom is 0.326 e. The van der Waals surface area contributed by atoms with Gasteiger partial charge in [0.15, 0.2) is 5.11 Å². The first kappa shape index (κ1) is 14.9. The molecule has 1 aromatic carbocycles. The number of carboxylic acids is 1. The molecular formula is C12H15N3O3S. The largest absolute Gasteiger partial charge is 0.480 e. The number of carboxylic acid groups (broad SMARTS) is 1. The van der Waals surface area contributed by atoms with Crippen LogP contribution < -0.4 is 16.4 Å². The highest BCUT2D eigenvalue weighted by Gasteiger charge is 2.18. The third-order valence-electron chi connectivity index (χ3n) is 2.31. The number of nitrogens with one attached hydrogen (secondary N) is 2. The van der Waals surface area contributed by atoms with E-state index in [-0.39, 0.29) is 18.0 Å². The molecule has 0 unspecified atom stereocenters. The maximum atomic E-state index is 11.0. The van der Waals surface area contributed by atoms with Gasteiger partial charge in [-0.2, -0.15) is 0 Å². The highest BCUT2D eigenvalue weighted by molar-refractivity contribution is 7.80. The predicted molar refractivity (Wildman–Crippen MR) is 75.7 cm³/mol. The molecule has 0 saturated heterocycles. The molecule has 0 fully saturated rings. The summed E-state index contributed by atoms with van der Waals surface area (Å²) in [7, 11) is 0. The van der Waals surface area contributed by atoms with Crippen molar-refractivity contribution in [3.63, 3.8) is 0 Å². The van der Waals surface area contributed by atoms with E-state index in [1.807, 2.05) is 18.2 Å². The molecular weight excluding hydrogens is 266 g/mol. The molecule has 0 bridgehead atoms. The average molecular weight is 281 g/mol. The summed E-state index contributed by atoms with van der Waals surface area (Å²) < 4.78 is 0. The van der Waals surface area contributed by atoms with Crippen molar-refractivity contribution in [1.82, 2.24) is 5.32 Å². The number of benzene rings is 1. The summed E-state index contributed by atoms with van der Waals surface area (Å²) in [4.78, 5) is 21.7. The van der Waals surface area contributed by atoms with Gasteiger partial charge in [-0.25, -0.2) is 4.79 Å². The lowest BCUT2D eigenvalue weighted by atomic mass is 10.1. The molecule has 19 heavy (non-hydrogen) atoms. The molecule has 7 heteroatoms. The Labute approximate surface area is 116 Å². The molecule has 0 aromatic heterocycles. The fourth-order valence-corrected chi connectivity index (χ4v) is 1.65. The van der Waals surface area contributed by atoms with Crippen LogP contribution in [0.3, 0.4) is 0 Å². The quantitative estimate of drug-likeness (QED) is 0.572. The van der Waals surface area contributed by atoms with Crippen LogP contribution in [0.5, 0.6) is 0 Å². The average Bonchev–Trinajstić information content (AvgIpc) is 2.35. The van der Waals surface area contributed by atoms with E-state index in [1.165, 1.54) is 0 Å². The smallest absolute Gasteiger partial charge is 0.326 e. The Kier molecular flexibility index (Phi) is 5.74. The van der Waals surface area contributed by atoms with Crippen molar-refractivity contribution in [2.24, 2.45) is 5.73 Å². The summed E-state index contributed by atoms with van der Waals surface area (Å²) in [5.74, 6) is -1.63. The second-order valence-corrected chi connectivity index (χ2v) is 4.27. The van der Waals surface area contributed by atoms with Crippen molar-refractivity contribution in [3.05, 3.63) is 30.3 Å². The zero-order valence-corrected chi connectivity index (χ0v) is 10.9. The van der Waals surface area contributed by atoms with E-state index < -0.39 is 17.9 Å². The van der Waals surface area contributed by atoms with Crippen molar-refractivity contribution in [2.75, 3.05) is 5.32 Å². The molecule has 1 amide bonds. The molecule has 1 rings (SSSR count). The number of primary amides is 1. The molecule has 5 N–H and O–H groups in total. The number of anilines is 1. The summed E-state index contributed by atoms with van der Waals surface area (Å²) in [6.07, 6.45) is 0.0686. The number of para-hydroxylation sites is 1. The van der Waals surface area contributed by atoms with Gasteiger partial charge in [-0.3, -0.25) is 4.79 Å². The topological polar surface area (TPSA) is 104 Å². The van der Waals surface area contributed by atoms with Crippen molar-refractivity contribution in [2.45, 2.75) is 18.9 Å². The van der Waals surface area contributed by atoms with Gasteiger partial charge in [-0.1, -0.05) is 18.2 Å². The number of aliphatic carboxylic acids is 1. The van der Waals surface area contributed by atoms with E-state index in [0.29, 0.717) is 0 Å². The van der Waals surface area contributed by atoms with E-state index in [0.717, 1.165) is 5.69 Å². The minimum absolute atomic E-state index is 0.0160. The van der Waals surface area contributed by atoms with Gasteiger partial charge in [0.25, 0.3) is 0 Å². The third kappa shape index (κ3) is 5.82. The van der Waals surface area contributed by atoms with Gasteiger partial charge in [0.1, 0.15) is 6.04 Å². The second kappa shape index (κ2) is 7.32. The Morgan fingerprint density at radius 3 is 2.47 bits per heavy atom. The summed E-state index contributed by atoms with van der Waals surface area (Å²) in [5.41, 5.74) is 5.74. The van der Waals surface area contributed by atoms with Gasteiger partial charge in [-0.15, -0.1) is 0 Å². The summed E-state index contributed by atoms with van der Waals surface area (Å²) >= 11 is 5.01. The van der Waals surface area contributed by atoms with E-state index in [2.05, 4.69) is 10.6 Å². The van der Waals surface area contributed by atoms with Gasteiger partial charge in [0, 0.05) is 12.1 Å². The lowest BCUT2D eigenvalue weighted by Crippen LogP contribution is -2.43. The maximum absolute atomic E-state index is 11.0. The first-order valence-corrected chi connectivity index (χ1v) is 6.03. The minimum Gasteiger partial charge on any atom is -0.480 e. The minimum atomic E-state index is -1.08. The Balaban J connectivity index is 2.52. The SMILES string of the molecule is NC(=O)CC[C@H](NC(=S)Nc1ccccc1)C(=O)O. The number of nitrogens with two attached hydrogens (primary N) is 1. The zero-order chi connectivity index (χ0) is 14.3. The molecule has 1 aromatic rings. The summed E-state index contributed by atoms with van der Waals surface area (Å²) in [6, 6.07) is 8.16.